The number of fused-ring (bicyclic) bond motifs is 3. The van der Waals surface area contributed by atoms with Crippen LogP contribution >= 0.6 is 0 Å². The third kappa shape index (κ3) is 5.42. The summed E-state index contributed by atoms with van der Waals surface area (Å²) >= 11 is 0. The largest absolute Gasteiger partial charge is 1.00 e. The van der Waals surface area contributed by atoms with Crippen molar-refractivity contribution in [2.45, 2.75) is 51.6 Å². The summed E-state index contributed by atoms with van der Waals surface area (Å²) in [5, 5.41) is 0. The third-order valence-electron chi connectivity index (χ3n) is 10.3. The highest BCUT2D eigenvalue weighted by Crippen LogP contribution is 2.35. The number of benzene rings is 2. The van der Waals surface area contributed by atoms with Gasteiger partial charge < -0.3 is 55.0 Å². The van der Waals surface area contributed by atoms with Gasteiger partial charge in [-0.15, -0.1) is 0 Å². The molecule has 0 aromatic heterocycles. The molecular weight excluding hydrogens is 515 g/mol. The minimum absolute atomic E-state index is 0. The fraction of sp³-hybridized carbons (Fsp3) is 0.600. The molecular formula is C30H46Cl2N6. The number of rotatable bonds is 6. The van der Waals surface area contributed by atoms with Crippen LogP contribution in [0.1, 0.15) is 36.8 Å². The van der Waals surface area contributed by atoms with E-state index in [1.54, 1.807) is 0 Å². The molecule has 8 heteroatoms. The number of piperazine rings is 3. The van der Waals surface area contributed by atoms with E-state index in [0.717, 1.165) is 11.4 Å². The summed E-state index contributed by atoms with van der Waals surface area (Å²) in [5.41, 5.74) is 19.2. The summed E-state index contributed by atoms with van der Waals surface area (Å²) in [6.07, 6.45) is 5.30. The molecule has 4 N–H and O–H groups in total. The summed E-state index contributed by atoms with van der Waals surface area (Å²) in [4.78, 5) is 5.38. The minimum atomic E-state index is 0. The maximum Gasteiger partial charge on any atom is 0.129 e. The van der Waals surface area contributed by atoms with Crippen molar-refractivity contribution in [3.8, 4) is 0 Å². The van der Waals surface area contributed by atoms with Crippen LogP contribution in [0.4, 0.5) is 22.7 Å². The van der Waals surface area contributed by atoms with Crippen LogP contribution in [-0.4, -0.2) is 86.5 Å². The van der Waals surface area contributed by atoms with E-state index in [1.165, 1.54) is 123 Å². The van der Waals surface area contributed by atoms with E-state index in [1.807, 2.05) is 0 Å². The highest BCUT2D eigenvalue weighted by molar-refractivity contribution is 5.60. The highest BCUT2D eigenvalue weighted by atomic mass is 35.5. The molecule has 5 saturated heterocycles. The second-order valence-electron chi connectivity index (χ2n) is 12.5. The molecule has 210 valence electrons. The van der Waals surface area contributed by atoms with E-state index < -0.39 is 0 Å². The van der Waals surface area contributed by atoms with E-state index in [4.69, 9.17) is 11.5 Å². The number of hydrogen-bond acceptors (Lipinski definition) is 4. The van der Waals surface area contributed by atoms with Gasteiger partial charge in [-0.1, -0.05) is 0 Å². The maximum absolute atomic E-state index is 6.11. The zero-order valence-corrected chi connectivity index (χ0v) is 24.7. The normalized spacial score (nSPS) is 30.3. The maximum atomic E-state index is 6.11. The number of quaternary nitrogens is 2. The van der Waals surface area contributed by atoms with Gasteiger partial charge in [0.05, 0.1) is 25.2 Å². The Hall–Kier alpha value is -1.86. The molecule has 7 rings (SSSR count). The second-order valence-corrected chi connectivity index (χ2v) is 12.5. The molecule has 0 spiro atoms. The summed E-state index contributed by atoms with van der Waals surface area (Å²) in [5.74, 6) is 0. The molecule has 2 bridgehead atoms. The van der Waals surface area contributed by atoms with Crippen LogP contribution in [0.3, 0.4) is 0 Å². The molecule has 2 unspecified atom stereocenters. The van der Waals surface area contributed by atoms with Crippen LogP contribution in [-0.2, 0) is 0 Å². The molecule has 0 saturated carbocycles. The van der Waals surface area contributed by atoms with Gasteiger partial charge in [0.2, 0.25) is 0 Å². The zero-order chi connectivity index (χ0) is 24.9. The van der Waals surface area contributed by atoms with Crippen molar-refractivity contribution in [1.29, 1.82) is 0 Å². The number of halogens is 2. The zero-order valence-electron chi connectivity index (χ0n) is 23.2. The summed E-state index contributed by atoms with van der Waals surface area (Å²) in [6, 6.07) is 14.6. The van der Waals surface area contributed by atoms with Gasteiger partial charge in [-0.2, -0.15) is 0 Å². The SMILES string of the molecule is Cc1cc(N2CCCC2C[N+]23CC[N+](CC4CCCN4c4ccc(N)c(C)c4)(CC2)CC3)ccc1N.[Cl-].[Cl-]. The Balaban J connectivity index is 0.00000168. The molecule has 5 heterocycles. The number of aryl methyl sites for hydroxylation is 2. The summed E-state index contributed by atoms with van der Waals surface area (Å²) in [6.45, 7) is 17.5. The van der Waals surface area contributed by atoms with Crippen molar-refractivity contribution in [3.63, 3.8) is 0 Å². The lowest BCUT2D eigenvalue weighted by Crippen LogP contribution is -3.00. The van der Waals surface area contributed by atoms with Crippen molar-refractivity contribution < 1.29 is 33.8 Å². The molecule has 6 nitrogen and oxygen atoms in total. The highest BCUT2D eigenvalue weighted by Gasteiger charge is 2.51. The molecule has 38 heavy (non-hydrogen) atoms. The Morgan fingerprint density at radius 2 is 1.03 bits per heavy atom. The smallest absolute Gasteiger partial charge is 0.129 e. The van der Waals surface area contributed by atoms with Gasteiger partial charge in [0.25, 0.3) is 0 Å². The first-order valence-corrected chi connectivity index (χ1v) is 14.3. The molecule has 2 aromatic rings. The predicted molar refractivity (Wildman–Crippen MR) is 151 cm³/mol. The van der Waals surface area contributed by atoms with Gasteiger partial charge in [0, 0.05) is 35.8 Å². The van der Waals surface area contributed by atoms with Gasteiger partial charge in [-0.25, -0.2) is 0 Å². The van der Waals surface area contributed by atoms with Gasteiger partial charge in [0.1, 0.15) is 39.3 Å². The predicted octanol–water partition coefficient (Wildman–Crippen LogP) is -2.23. The average molecular weight is 562 g/mol. The van der Waals surface area contributed by atoms with Gasteiger partial charge >= 0.3 is 0 Å². The van der Waals surface area contributed by atoms with Gasteiger partial charge in [0.15, 0.2) is 0 Å². The first-order chi connectivity index (χ1) is 17.4. The van der Waals surface area contributed by atoms with E-state index in [0.29, 0.717) is 12.1 Å². The van der Waals surface area contributed by atoms with Crippen molar-refractivity contribution in [2.75, 3.05) is 86.7 Å². The fourth-order valence-electron chi connectivity index (χ4n) is 7.79. The fourth-order valence-corrected chi connectivity index (χ4v) is 7.79. The standard InChI is InChI=1S/C30H46N6.2ClH/c1-23-19-25(7-9-29(23)31)33-11-3-5-27(33)21-35-13-16-36(17-14-35,18-15-35)22-28-6-4-12-34(28)26-8-10-30(32)24(2)20-26;;/h7-10,19-20,27-28H,3-6,11-18,21-22,31-32H2,1-2H3;2*1H/q+2;;/p-2. The molecule has 0 amide bonds. The Kier molecular flexibility index (Phi) is 8.68. The van der Waals surface area contributed by atoms with Crippen molar-refractivity contribution in [2.24, 2.45) is 0 Å². The van der Waals surface area contributed by atoms with Crippen LogP contribution in [0.25, 0.3) is 0 Å². The van der Waals surface area contributed by atoms with E-state index in [-0.39, 0.29) is 24.8 Å². The van der Waals surface area contributed by atoms with Crippen LogP contribution in [0.15, 0.2) is 36.4 Å². The number of anilines is 4. The first kappa shape index (κ1) is 29.1. The van der Waals surface area contributed by atoms with Gasteiger partial charge in [-0.05, 0) is 87.1 Å². The summed E-state index contributed by atoms with van der Waals surface area (Å²) < 4.78 is 2.70. The van der Waals surface area contributed by atoms with E-state index >= 15 is 0 Å². The van der Waals surface area contributed by atoms with Crippen molar-refractivity contribution >= 4 is 22.7 Å². The van der Waals surface area contributed by atoms with Crippen LogP contribution < -0.4 is 46.1 Å². The Bertz CT molecular complexity index is 1010. The number of nitrogen functional groups attached to an aromatic ring is 2. The van der Waals surface area contributed by atoms with Crippen molar-refractivity contribution in [1.82, 2.24) is 0 Å². The minimum Gasteiger partial charge on any atom is -1.00 e. The van der Waals surface area contributed by atoms with Crippen LogP contribution in [0, 0.1) is 13.8 Å². The molecule has 5 aliphatic rings. The second kappa shape index (κ2) is 11.3. The topological polar surface area (TPSA) is 58.5 Å². The Labute approximate surface area is 241 Å². The Morgan fingerprint density at radius 1 is 0.658 bits per heavy atom. The van der Waals surface area contributed by atoms with Crippen LogP contribution in [0.2, 0.25) is 0 Å². The van der Waals surface area contributed by atoms with Crippen molar-refractivity contribution in [3.05, 3.63) is 47.5 Å². The number of nitrogens with two attached hydrogens (primary N) is 2. The molecule has 5 aliphatic heterocycles. The van der Waals surface area contributed by atoms with E-state index in [9.17, 15) is 0 Å². The average Bonchev–Trinajstić information content (AvgIpc) is 3.53. The molecule has 2 atom stereocenters. The number of nitrogens with zero attached hydrogens (tertiary/aromatic N) is 4. The number of hydrogen-bond donors (Lipinski definition) is 2. The Morgan fingerprint density at radius 3 is 1.37 bits per heavy atom. The quantitative estimate of drug-likeness (QED) is 0.310. The molecule has 5 fully saturated rings. The lowest BCUT2D eigenvalue weighted by Gasteiger charge is -2.57. The van der Waals surface area contributed by atoms with E-state index in [2.05, 4.69) is 60.0 Å². The summed E-state index contributed by atoms with van der Waals surface area (Å²) in [7, 11) is 0. The first-order valence-electron chi connectivity index (χ1n) is 14.3. The van der Waals surface area contributed by atoms with Crippen LogP contribution in [0.5, 0.6) is 0 Å². The molecule has 0 aliphatic carbocycles. The third-order valence-corrected chi connectivity index (χ3v) is 10.3. The molecule has 0 radical (unpaired) electrons. The monoisotopic (exact) mass is 560 g/mol. The molecule has 2 aromatic carbocycles. The van der Waals surface area contributed by atoms with Gasteiger partial charge in [-0.3, -0.25) is 0 Å². The lowest BCUT2D eigenvalue weighted by molar-refractivity contribution is -1.08. The lowest BCUT2D eigenvalue weighted by atomic mass is 10.0.